The van der Waals surface area contributed by atoms with Gasteiger partial charge in [0.2, 0.25) is 0 Å². The average Bonchev–Trinajstić information content (AvgIpc) is 3.27. The van der Waals surface area contributed by atoms with E-state index in [2.05, 4.69) is 4.98 Å². The second-order valence-electron chi connectivity index (χ2n) is 9.21. The van der Waals surface area contributed by atoms with Crippen LogP contribution < -0.4 is 10.3 Å². The van der Waals surface area contributed by atoms with E-state index in [0.717, 1.165) is 40.3 Å². The highest BCUT2D eigenvalue weighted by molar-refractivity contribution is 7.17. The molecule has 34 heavy (non-hydrogen) atoms. The van der Waals surface area contributed by atoms with Crippen LogP contribution in [0.5, 0.6) is 5.75 Å². The first-order valence-corrected chi connectivity index (χ1v) is 12.3. The van der Waals surface area contributed by atoms with Crippen molar-refractivity contribution in [2.75, 3.05) is 13.7 Å². The van der Waals surface area contributed by atoms with Crippen LogP contribution in [0.4, 0.5) is 4.79 Å². The van der Waals surface area contributed by atoms with Gasteiger partial charge in [0.25, 0.3) is 5.56 Å². The number of carbonyl (C=O) groups is 1. The van der Waals surface area contributed by atoms with E-state index in [0.29, 0.717) is 27.5 Å². The van der Waals surface area contributed by atoms with Gasteiger partial charge in [-0.2, -0.15) is 0 Å². The minimum atomic E-state index is -0.901. The Hall–Kier alpha value is -3.03. The summed E-state index contributed by atoms with van der Waals surface area (Å²) in [7, 11) is 1.61. The molecule has 6 nitrogen and oxygen atoms in total. The molecular formula is C26H27ClN2O4S. The second kappa shape index (κ2) is 9.31. The van der Waals surface area contributed by atoms with Crippen LogP contribution in [0.3, 0.4) is 0 Å². The molecule has 4 aromatic rings. The number of hydrogen-bond acceptors (Lipinski definition) is 4. The highest BCUT2D eigenvalue weighted by atomic mass is 35.5. The third-order valence-electron chi connectivity index (χ3n) is 5.97. The molecule has 0 aliphatic rings. The molecule has 0 atom stereocenters. The summed E-state index contributed by atoms with van der Waals surface area (Å²) in [5, 5.41) is 13.5. The summed E-state index contributed by atoms with van der Waals surface area (Å²) >= 11 is 7.91. The average molecular weight is 499 g/mol. The normalized spacial score (nSPS) is 11.8. The Morgan fingerprint density at radius 1 is 1.21 bits per heavy atom. The lowest BCUT2D eigenvalue weighted by Crippen LogP contribution is -2.45. The number of aromatic amines is 1. The van der Waals surface area contributed by atoms with Gasteiger partial charge in [-0.25, -0.2) is 4.79 Å². The van der Waals surface area contributed by atoms with Crippen molar-refractivity contribution in [1.29, 1.82) is 0 Å². The minimum absolute atomic E-state index is 0.156. The highest BCUT2D eigenvalue weighted by Crippen LogP contribution is 2.43. The lowest BCUT2D eigenvalue weighted by Gasteiger charge is -2.33. The van der Waals surface area contributed by atoms with Crippen LogP contribution in [-0.2, 0) is 6.42 Å². The zero-order valence-electron chi connectivity index (χ0n) is 19.6. The standard InChI is InChI=1S/C26H27ClN2O4S/c1-26(2,3)29(25(31)32)12-5-6-15-7-9-16(10-8-15)20-19(33-4)14-18(27)22-21(20)17-11-13-34-23(17)24(30)28-22/h7-11,13-14H,5-6,12H2,1-4H3,(H,28,30)(H,31,32). The number of hydrogen-bond donors (Lipinski definition) is 2. The number of halogens is 1. The van der Waals surface area contributed by atoms with Gasteiger partial charge in [0.15, 0.2) is 0 Å². The summed E-state index contributed by atoms with van der Waals surface area (Å²) in [6.07, 6.45) is 0.593. The van der Waals surface area contributed by atoms with E-state index in [1.807, 2.05) is 56.5 Å². The topological polar surface area (TPSA) is 82.6 Å². The van der Waals surface area contributed by atoms with Crippen molar-refractivity contribution >= 4 is 50.0 Å². The molecule has 0 unspecified atom stereocenters. The van der Waals surface area contributed by atoms with Crippen molar-refractivity contribution in [3.63, 3.8) is 0 Å². The molecular weight excluding hydrogens is 472 g/mol. The largest absolute Gasteiger partial charge is 0.496 e. The van der Waals surface area contributed by atoms with Gasteiger partial charge in [-0.3, -0.25) is 4.79 Å². The first kappa shape index (κ1) is 24.1. The molecule has 0 saturated carbocycles. The van der Waals surface area contributed by atoms with Gasteiger partial charge in [0.1, 0.15) is 10.4 Å². The quantitative estimate of drug-likeness (QED) is 0.307. The summed E-state index contributed by atoms with van der Waals surface area (Å²) in [6, 6.07) is 11.8. The fourth-order valence-electron chi connectivity index (χ4n) is 4.32. The molecule has 2 aromatic heterocycles. The number of benzene rings is 2. The van der Waals surface area contributed by atoms with Crippen LogP contribution in [0.2, 0.25) is 5.02 Å². The second-order valence-corrected chi connectivity index (χ2v) is 10.5. The zero-order valence-corrected chi connectivity index (χ0v) is 21.1. The van der Waals surface area contributed by atoms with Crippen molar-refractivity contribution < 1.29 is 14.6 Å². The van der Waals surface area contributed by atoms with Crippen LogP contribution in [0, 0.1) is 0 Å². The number of fused-ring (bicyclic) bond motifs is 3. The molecule has 8 heteroatoms. The Morgan fingerprint density at radius 2 is 1.91 bits per heavy atom. The molecule has 0 bridgehead atoms. The molecule has 0 saturated heterocycles. The molecule has 2 aromatic carbocycles. The molecule has 1 amide bonds. The monoisotopic (exact) mass is 498 g/mol. The number of rotatable bonds is 6. The lowest BCUT2D eigenvalue weighted by atomic mass is 9.95. The Balaban J connectivity index is 1.69. The van der Waals surface area contributed by atoms with Crippen molar-refractivity contribution in [3.8, 4) is 16.9 Å². The summed E-state index contributed by atoms with van der Waals surface area (Å²) in [4.78, 5) is 28.5. The highest BCUT2D eigenvalue weighted by Gasteiger charge is 2.25. The Labute approximate surface area is 206 Å². The van der Waals surface area contributed by atoms with E-state index in [-0.39, 0.29) is 5.56 Å². The van der Waals surface area contributed by atoms with E-state index in [4.69, 9.17) is 16.3 Å². The molecule has 4 rings (SSSR count). The van der Waals surface area contributed by atoms with Gasteiger partial charge in [-0.05, 0) is 56.2 Å². The maximum Gasteiger partial charge on any atom is 0.407 e. The van der Waals surface area contributed by atoms with E-state index in [9.17, 15) is 14.7 Å². The Bertz CT molecular complexity index is 1420. The van der Waals surface area contributed by atoms with Crippen LogP contribution >= 0.6 is 22.9 Å². The predicted octanol–water partition coefficient (Wildman–Crippen LogP) is 6.78. The van der Waals surface area contributed by atoms with E-state index < -0.39 is 11.6 Å². The predicted molar refractivity (Wildman–Crippen MR) is 140 cm³/mol. The van der Waals surface area contributed by atoms with Gasteiger partial charge < -0.3 is 19.7 Å². The van der Waals surface area contributed by atoms with E-state index >= 15 is 0 Å². The number of aryl methyl sites for hydroxylation is 1. The number of thiophene rings is 1. The molecule has 2 heterocycles. The molecule has 2 N–H and O–H groups in total. The number of methoxy groups -OCH3 is 1. The Kier molecular flexibility index (Phi) is 6.60. The zero-order chi connectivity index (χ0) is 24.6. The summed E-state index contributed by atoms with van der Waals surface area (Å²) in [5.41, 5.74) is 2.94. The molecule has 0 aliphatic heterocycles. The number of carboxylic acid groups (broad SMARTS) is 1. The SMILES string of the molecule is COc1cc(Cl)c2[nH]c(=O)c3sccc3c2c1-c1ccc(CCCN(C(=O)O)C(C)(C)C)cc1. The summed E-state index contributed by atoms with van der Waals surface area (Å²) in [5.74, 6) is 0.632. The molecule has 0 aliphatic carbocycles. The van der Waals surface area contributed by atoms with Gasteiger partial charge in [0, 0.05) is 34.5 Å². The van der Waals surface area contributed by atoms with E-state index in [1.54, 1.807) is 13.2 Å². The van der Waals surface area contributed by atoms with Crippen LogP contribution in [-0.4, -0.2) is 40.3 Å². The summed E-state index contributed by atoms with van der Waals surface area (Å²) in [6.45, 7) is 6.17. The van der Waals surface area contributed by atoms with Crippen LogP contribution in [0.25, 0.3) is 32.1 Å². The van der Waals surface area contributed by atoms with Gasteiger partial charge >= 0.3 is 6.09 Å². The number of nitrogens with zero attached hydrogens (tertiary/aromatic N) is 1. The van der Waals surface area contributed by atoms with Crippen LogP contribution in [0.1, 0.15) is 32.8 Å². The van der Waals surface area contributed by atoms with Crippen molar-refractivity contribution in [1.82, 2.24) is 9.88 Å². The van der Waals surface area contributed by atoms with Crippen molar-refractivity contribution in [2.24, 2.45) is 0 Å². The number of aromatic nitrogens is 1. The van der Waals surface area contributed by atoms with E-state index in [1.165, 1.54) is 16.2 Å². The van der Waals surface area contributed by atoms with Crippen molar-refractivity contribution in [3.05, 3.63) is 62.7 Å². The smallest absolute Gasteiger partial charge is 0.407 e. The maximum absolute atomic E-state index is 12.5. The number of H-pyrrole nitrogens is 1. The van der Waals surface area contributed by atoms with Crippen LogP contribution in [0.15, 0.2) is 46.6 Å². The number of pyridine rings is 1. The maximum atomic E-state index is 12.5. The first-order chi connectivity index (χ1) is 16.1. The fraction of sp³-hybridized carbons (Fsp3) is 0.308. The number of ether oxygens (including phenoxy) is 1. The van der Waals surface area contributed by atoms with Gasteiger partial charge in [0.05, 0.1) is 17.6 Å². The molecule has 0 radical (unpaired) electrons. The third-order valence-corrected chi connectivity index (χ3v) is 7.18. The number of nitrogens with one attached hydrogen (secondary N) is 1. The molecule has 0 spiro atoms. The van der Waals surface area contributed by atoms with Gasteiger partial charge in [-0.15, -0.1) is 11.3 Å². The minimum Gasteiger partial charge on any atom is -0.496 e. The summed E-state index contributed by atoms with van der Waals surface area (Å²) < 4.78 is 6.34. The third kappa shape index (κ3) is 4.50. The molecule has 0 fully saturated rings. The first-order valence-electron chi connectivity index (χ1n) is 11.0. The Morgan fingerprint density at radius 3 is 2.53 bits per heavy atom. The molecule has 178 valence electrons. The van der Waals surface area contributed by atoms with Gasteiger partial charge in [-0.1, -0.05) is 35.9 Å². The van der Waals surface area contributed by atoms with Crippen molar-refractivity contribution in [2.45, 2.75) is 39.2 Å². The lowest BCUT2D eigenvalue weighted by molar-refractivity contribution is 0.0996. The number of amides is 1. The fourth-order valence-corrected chi connectivity index (χ4v) is 5.35.